The lowest BCUT2D eigenvalue weighted by Crippen LogP contribution is -2.53. The lowest BCUT2D eigenvalue weighted by molar-refractivity contribution is 0.318. The normalized spacial score (nSPS) is 25.2. The third-order valence-corrected chi connectivity index (χ3v) is 3.78. The van der Waals surface area contributed by atoms with Crippen LogP contribution in [0.25, 0.3) is 0 Å². The smallest absolute Gasteiger partial charge is 0.238 e. The van der Waals surface area contributed by atoms with Crippen molar-refractivity contribution < 1.29 is 0 Å². The number of rotatable bonds is 0. The van der Waals surface area contributed by atoms with Gasteiger partial charge in [-0.1, -0.05) is 19.3 Å². The summed E-state index contributed by atoms with van der Waals surface area (Å²) in [7, 11) is 0. The average Bonchev–Trinajstić information content (AvgIpc) is 2.23. The van der Waals surface area contributed by atoms with Crippen LogP contribution in [0.4, 0.5) is 0 Å². The predicted molar refractivity (Wildman–Crippen MR) is 61.5 cm³/mol. The van der Waals surface area contributed by atoms with Crippen molar-refractivity contribution in [1.82, 2.24) is 5.43 Å². The van der Waals surface area contributed by atoms with E-state index in [1.54, 1.807) is 11.8 Å². The summed E-state index contributed by atoms with van der Waals surface area (Å²) in [5.74, 6) is 0.352. The van der Waals surface area contributed by atoms with Crippen molar-refractivity contribution in [3.63, 3.8) is 0 Å². The molecule has 14 heavy (non-hydrogen) atoms. The molecule has 5 heteroatoms. The maximum absolute atomic E-state index is 5.58. The van der Waals surface area contributed by atoms with Crippen molar-refractivity contribution >= 4 is 22.8 Å². The van der Waals surface area contributed by atoms with Crippen LogP contribution in [-0.2, 0) is 0 Å². The topological polar surface area (TPSA) is 62.8 Å². The first-order valence-corrected chi connectivity index (χ1v) is 6.23. The Bertz CT molecular complexity index is 279. The number of hydrazone groups is 1. The van der Waals surface area contributed by atoms with Gasteiger partial charge in [-0.3, -0.25) is 5.43 Å². The van der Waals surface area contributed by atoms with Crippen LogP contribution in [0.5, 0.6) is 0 Å². The van der Waals surface area contributed by atoms with Crippen molar-refractivity contribution in [3.8, 4) is 0 Å². The Morgan fingerprint density at radius 2 is 2.07 bits per heavy atom. The summed E-state index contributed by atoms with van der Waals surface area (Å²) in [5, 5.41) is 5.15. The van der Waals surface area contributed by atoms with Gasteiger partial charge in [0.1, 0.15) is 10.6 Å². The number of guanidine groups is 1. The van der Waals surface area contributed by atoms with Gasteiger partial charge in [-0.15, -0.1) is 16.9 Å². The Hall–Kier alpha value is -0.710. The molecule has 78 valence electrons. The highest BCUT2D eigenvalue weighted by Gasteiger charge is 2.38. The Kier molecular flexibility index (Phi) is 2.67. The summed E-state index contributed by atoms with van der Waals surface area (Å²) in [6.07, 6.45) is 8.14. The summed E-state index contributed by atoms with van der Waals surface area (Å²) in [5.41, 5.74) is 8.77. The van der Waals surface area contributed by atoms with E-state index in [0.29, 0.717) is 5.96 Å². The zero-order valence-corrected chi connectivity index (χ0v) is 9.23. The van der Waals surface area contributed by atoms with Crippen LogP contribution in [0, 0.1) is 0 Å². The fraction of sp³-hybridized carbons (Fsp3) is 0.778. The Balaban J connectivity index is 2.23. The van der Waals surface area contributed by atoms with E-state index in [4.69, 9.17) is 5.73 Å². The van der Waals surface area contributed by atoms with Gasteiger partial charge in [0.05, 0.1) is 0 Å². The first-order chi connectivity index (χ1) is 6.77. The van der Waals surface area contributed by atoms with Crippen LogP contribution >= 0.6 is 11.8 Å². The molecule has 4 nitrogen and oxygen atoms in total. The van der Waals surface area contributed by atoms with Gasteiger partial charge in [-0.05, 0) is 19.1 Å². The minimum absolute atomic E-state index is 0.000532. The number of hydrogen-bond acceptors (Lipinski definition) is 5. The largest absolute Gasteiger partial charge is 0.367 e. The summed E-state index contributed by atoms with van der Waals surface area (Å²) in [6.45, 7) is 0. The standard InChI is InChI=1S/C9H16N4S/c1-14-7-9(5-3-2-4-6-9)13-12-8(10)11-7/h13H,2-6H2,1H3,(H2,10,12). The van der Waals surface area contributed by atoms with Gasteiger partial charge < -0.3 is 5.73 Å². The number of thioether (sulfide) groups is 1. The summed E-state index contributed by atoms with van der Waals surface area (Å²) in [4.78, 5) is 4.32. The Morgan fingerprint density at radius 1 is 1.36 bits per heavy atom. The summed E-state index contributed by atoms with van der Waals surface area (Å²) < 4.78 is 0. The van der Waals surface area contributed by atoms with E-state index in [9.17, 15) is 0 Å². The Labute approximate surface area is 88.4 Å². The molecule has 1 aliphatic carbocycles. The van der Waals surface area contributed by atoms with Crippen LogP contribution in [0.2, 0.25) is 0 Å². The molecular formula is C9H16N4S. The van der Waals surface area contributed by atoms with Gasteiger partial charge in [-0.2, -0.15) is 0 Å². The molecule has 0 amide bonds. The van der Waals surface area contributed by atoms with Crippen molar-refractivity contribution in [2.24, 2.45) is 15.8 Å². The van der Waals surface area contributed by atoms with Gasteiger partial charge in [0.25, 0.3) is 0 Å². The van der Waals surface area contributed by atoms with Crippen molar-refractivity contribution in [3.05, 3.63) is 0 Å². The van der Waals surface area contributed by atoms with Gasteiger partial charge in [-0.25, -0.2) is 4.99 Å². The van der Waals surface area contributed by atoms with E-state index < -0.39 is 0 Å². The molecule has 1 spiro atoms. The molecule has 1 aliphatic heterocycles. The minimum atomic E-state index is 0.000532. The number of nitrogens with two attached hydrogens (primary N) is 1. The second-order valence-corrected chi connectivity index (χ2v) is 4.64. The average molecular weight is 212 g/mol. The quantitative estimate of drug-likeness (QED) is 0.636. The molecule has 0 aromatic carbocycles. The molecular weight excluding hydrogens is 196 g/mol. The van der Waals surface area contributed by atoms with E-state index in [0.717, 1.165) is 17.9 Å². The van der Waals surface area contributed by atoms with Crippen molar-refractivity contribution in [1.29, 1.82) is 0 Å². The van der Waals surface area contributed by atoms with E-state index in [1.165, 1.54) is 19.3 Å². The lowest BCUT2D eigenvalue weighted by Gasteiger charge is -2.38. The third-order valence-electron chi connectivity index (χ3n) is 2.91. The van der Waals surface area contributed by atoms with Crippen LogP contribution in [0.1, 0.15) is 32.1 Å². The zero-order chi connectivity index (χ0) is 10.0. The number of nitrogens with one attached hydrogen (secondary N) is 1. The number of nitrogens with zero attached hydrogens (tertiary/aromatic N) is 2. The van der Waals surface area contributed by atoms with Crippen LogP contribution in [0.3, 0.4) is 0 Å². The van der Waals surface area contributed by atoms with E-state index in [1.807, 2.05) is 0 Å². The molecule has 0 atom stereocenters. The molecule has 0 saturated heterocycles. The van der Waals surface area contributed by atoms with Gasteiger partial charge >= 0.3 is 0 Å². The molecule has 0 bridgehead atoms. The molecule has 3 N–H and O–H groups in total. The number of aliphatic imine (C=N–C) groups is 1. The molecule has 0 aromatic rings. The maximum atomic E-state index is 5.58. The molecule has 2 rings (SSSR count). The SMILES string of the molecule is CSC1=NC(N)=NNC12CCCCC2. The highest BCUT2D eigenvalue weighted by Crippen LogP contribution is 2.33. The highest BCUT2D eigenvalue weighted by molar-refractivity contribution is 8.13. The summed E-state index contributed by atoms with van der Waals surface area (Å²) >= 11 is 1.68. The second kappa shape index (κ2) is 3.81. The third kappa shape index (κ3) is 1.61. The Morgan fingerprint density at radius 3 is 2.71 bits per heavy atom. The second-order valence-electron chi connectivity index (χ2n) is 3.85. The molecule has 1 heterocycles. The maximum Gasteiger partial charge on any atom is 0.238 e. The van der Waals surface area contributed by atoms with Crippen LogP contribution < -0.4 is 11.2 Å². The van der Waals surface area contributed by atoms with Crippen molar-refractivity contribution in [2.75, 3.05) is 6.26 Å². The number of hydrogen-bond donors (Lipinski definition) is 2. The molecule has 2 aliphatic rings. The predicted octanol–water partition coefficient (Wildman–Crippen LogP) is 1.28. The highest BCUT2D eigenvalue weighted by atomic mass is 32.2. The monoisotopic (exact) mass is 212 g/mol. The summed E-state index contributed by atoms with van der Waals surface area (Å²) in [6, 6.07) is 0. The molecule has 0 aromatic heterocycles. The van der Waals surface area contributed by atoms with Gasteiger partial charge in [0, 0.05) is 0 Å². The van der Waals surface area contributed by atoms with Gasteiger partial charge in [0.2, 0.25) is 5.96 Å². The van der Waals surface area contributed by atoms with Crippen molar-refractivity contribution in [2.45, 2.75) is 37.6 Å². The molecule has 1 fully saturated rings. The lowest BCUT2D eigenvalue weighted by atomic mass is 9.83. The molecule has 0 radical (unpaired) electrons. The van der Waals surface area contributed by atoms with Crippen LogP contribution in [-0.4, -0.2) is 22.8 Å². The fourth-order valence-electron chi connectivity index (χ4n) is 2.17. The van der Waals surface area contributed by atoms with E-state index in [-0.39, 0.29) is 5.54 Å². The van der Waals surface area contributed by atoms with Crippen LogP contribution in [0.15, 0.2) is 10.1 Å². The van der Waals surface area contributed by atoms with E-state index >= 15 is 0 Å². The molecule has 0 unspecified atom stereocenters. The zero-order valence-electron chi connectivity index (χ0n) is 8.42. The first-order valence-electron chi connectivity index (χ1n) is 5.00. The van der Waals surface area contributed by atoms with Gasteiger partial charge in [0.15, 0.2) is 0 Å². The fourth-order valence-corrected chi connectivity index (χ4v) is 3.00. The molecule has 1 saturated carbocycles. The van der Waals surface area contributed by atoms with E-state index in [2.05, 4.69) is 21.8 Å². The minimum Gasteiger partial charge on any atom is -0.367 e. The first kappa shape index (κ1) is 9.83.